The lowest BCUT2D eigenvalue weighted by Gasteiger charge is -2.22. The predicted molar refractivity (Wildman–Crippen MR) is 83.5 cm³/mol. The first-order chi connectivity index (χ1) is 9.35. The number of anilines is 2. The molecule has 0 aliphatic heterocycles. The number of carbonyl (C=O) groups excluding carboxylic acids is 1. The van der Waals surface area contributed by atoms with Gasteiger partial charge in [0.2, 0.25) is 0 Å². The fourth-order valence-electron chi connectivity index (χ4n) is 1.98. The van der Waals surface area contributed by atoms with Gasteiger partial charge in [-0.1, -0.05) is 11.6 Å². The third kappa shape index (κ3) is 4.58. The number of benzene rings is 1. The Morgan fingerprint density at radius 3 is 2.70 bits per heavy atom. The molecule has 1 rings (SSSR count). The summed E-state index contributed by atoms with van der Waals surface area (Å²) in [5.41, 5.74) is 7.11. The lowest BCUT2D eigenvalue weighted by Crippen LogP contribution is -2.30. The second-order valence-corrected chi connectivity index (χ2v) is 5.36. The number of ether oxygens (including phenoxy) is 1. The van der Waals surface area contributed by atoms with Crippen molar-refractivity contribution in [3.05, 3.63) is 22.7 Å². The number of nitrogens with two attached hydrogens (primary N) is 1. The van der Waals surface area contributed by atoms with Gasteiger partial charge >= 0.3 is 5.97 Å². The standard InChI is InChI=1S/C14H22ClN3O2/c1-5-20-14(19)11-6-10(16)7-12(15)13(11)17-9(2)8-18(3)4/h6-7,9,17H,5,8,16H2,1-4H3. The smallest absolute Gasteiger partial charge is 0.340 e. The minimum atomic E-state index is -0.429. The second-order valence-electron chi connectivity index (χ2n) is 4.95. The van der Waals surface area contributed by atoms with E-state index in [1.807, 2.05) is 25.9 Å². The molecule has 1 atom stereocenters. The summed E-state index contributed by atoms with van der Waals surface area (Å²) in [7, 11) is 3.96. The van der Waals surface area contributed by atoms with Gasteiger partial charge in [0.15, 0.2) is 0 Å². The van der Waals surface area contributed by atoms with Crippen LogP contribution >= 0.6 is 11.6 Å². The molecule has 0 fully saturated rings. The Balaban J connectivity index is 3.06. The average molecular weight is 300 g/mol. The van der Waals surface area contributed by atoms with Crippen molar-refractivity contribution in [2.45, 2.75) is 19.9 Å². The topological polar surface area (TPSA) is 67.6 Å². The highest BCUT2D eigenvalue weighted by molar-refractivity contribution is 6.34. The maximum absolute atomic E-state index is 12.0. The molecule has 20 heavy (non-hydrogen) atoms. The van der Waals surface area contributed by atoms with Crippen molar-refractivity contribution < 1.29 is 9.53 Å². The summed E-state index contributed by atoms with van der Waals surface area (Å²) in [4.78, 5) is 14.0. The first-order valence-corrected chi connectivity index (χ1v) is 6.90. The summed E-state index contributed by atoms with van der Waals surface area (Å²) in [6.07, 6.45) is 0. The fourth-order valence-corrected chi connectivity index (χ4v) is 2.27. The number of halogens is 1. The van der Waals surface area contributed by atoms with Crippen LogP contribution in [0.15, 0.2) is 12.1 Å². The molecule has 6 heteroatoms. The van der Waals surface area contributed by atoms with E-state index in [0.29, 0.717) is 28.6 Å². The van der Waals surface area contributed by atoms with Gasteiger partial charge in [-0.05, 0) is 40.1 Å². The largest absolute Gasteiger partial charge is 0.462 e. The molecule has 0 saturated heterocycles. The Kier molecular flexibility index (Phi) is 6.10. The van der Waals surface area contributed by atoms with Gasteiger partial charge in [0, 0.05) is 18.3 Å². The molecule has 112 valence electrons. The predicted octanol–water partition coefficient (Wildman–Crippen LogP) is 2.46. The molecule has 0 spiro atoms. The van der Waals surface area contributed by atoms with Crippen LogP contribution in [0, 0.1) is 0 Å². The summed E-state index contributed by atoms with van der Waals surface area (Å²) in [5, 5.41) is 3.66. The number of hydrogen-bond donors (Lipinski definition) is 2. The lowest BCUT2D eigenvalue weighted by molar-refractivity contribution is 0.0527. The summed E-state index contributed by atoms with van der Waals surface area (Å²) >= 11 is 6.20. The van der Waals surface area contributed by atoms with Crippen molar-refractivity contribution >= 4 is 28.9 Å². The molecular formula is C14H22ClN3O2. The molecular weight excluding hydrogens is 278 g/mol. The van der Waals surface area contributed by atoms with Crippen LogP contribution in [0.5, 0.6) is 0 Å². The Bertz CT molecular complexity index is 478. The SMILES string of the molecule is CCOC(=O)c1cc(N)cc(Cl)c1NC(C)CN(C)C. The average Bonchev–Trinajstić information content (AvgIpc) is 2.31. The fraction of sp³-hybridized carbons (Fsp3) is 0.500. The van der Waals surface area contributed by atoms with Gasteiger partial charge < -0.3 is 20.7 Å². The van der Waals surface area contributed by atoms with Crippen LogP contribution in [0.1, 0.15) is 24.2 Å². The zero-order valence-electron chi connectivity index (χ0n) is 12.4. The van der Waals surface area contributed by atoms with E-state index in [1.165, 1.54) is 0 Å². The van der Waals surface area contributed by atoms with E-state index in [1.54, 1.807) is 19.1 Å². The third-order valence-corrected chi connectivity index (χ3v) is 2.94. The van der Waals surface area contributed by atoms with Crippen LogP contribution in [-0.2, 0) is 4.74 Å². The Morgan fingerprint density at radius 2 is 2.15 bits per heavy atom. The zero-order valence-corrected chi connectivity index (χ0v) is 13.1. The van der Waals surface area contributed by atoms with Crippen molar-refractivity contribution in [2.24, 2.45) is 0 Å². The number of esters is 1. The van der Waals surface area contributed by atoms with Gasteiger partial charge in [0.1, 0.15) is 0 Å². The van der Waals surface area contributed by atoms with E-state index in [4.69, 9.17) is 22.1 Å². The summed E-state index contributed by atoms with van der Waals surface area (Å²) in [6, 6.07) is 3.32. The number of hydrogen-bond acceptors (Lipinski definition) is 5. The van der Waals surface area contributed by atoms with Crippen LogP contribution in [-0.4, -0.2) is 44.2 Å². The Morgan fingerprint density at radius 1 is 1.50 bits per heavy atom. The van der Waals surface area contributed by atoms with Crippen LogP contribution < -0.4 is 11.1 Å². The van der Waals surface area contributed by atoms with Gasteiger partial charge in [-0.25, -0.2) is 4.79 Å². The molecule has 0 amide bonds. The molecule has 0 aromatic heterocycles. The minimum absolute atomic E-state index is 0.124. The quantitative estimate of drug-likeness (QED) is 0.624. The highest BCUT2D eigenvalue weighted by Gasteiger charge is 2.18. The zero-order chi connectivity index (χ0) is 15.3. The van der Waals surface area contributed by atoms with Crippen LogP contribution in [0.2, 0.25) is 5.02 Å². The molecule has 5 nitrogen and oxygen atoms in total. The molecule has 3 N–H and O–H groups in total. The first-order valence-electron chi connectivity index (χ1n) is 6.52. The van der Waals surface area contributed by atoms with Crippen molar-refractivity contribution in [1.82, 2.24) is 4.90 Å². The van der Waals surface area contributed by atoms with Crippen LogP contribution in [0.3, 0.4) is 0 Å². The van der Waals surface area contributed by atoms with E-state index in [2.05, 4.69) is 5.32 Å². The van der Waals surface area contributed by atoms with Gasteiger partial charge in [-0.15, -0.1) is 0 Å². The Labute approximate surface area is 125 Å². The molecule has 0 saturated carbocycles. The van der Waals surface area contributed by atoms with E-state index in [9.17, 15) is 4.79 Å². The molecule has 0 heterocycles. The monoisotopic (exact) mass is 299 g/mol. The van der Waals surface area contributed by atoms with Crippen LogP contribution in [0.4, 0.5) is 11.4 Å². The van der Waals surface area contributed by atoms with E-state index in [0.717, 1.165) is 6.54 Å². The van der Waals surface area contributed by atoms with Crippen molar-refractivity contribution in [3.8, 4) is 0 Å². The molecule has 1 aromatic carbocycles. The van der Waals surface area contributed by atoms with Crippen LogP contribution in [0.25, 0.3) is 0 Å². The maximum atomic E-state index is 12.0. The molecule has 1 aromatic rings. The summed E-state index contributed by atoms with van der Waals surface area (Å²) in [5.74, 6) is -0.429. The summed E-state index contributed by atoms with van der Waals surface area (Å²) in [6.45, 7) is 4.89. The maximum Gasteiger partial charge on any atom is 0.340 e. The number of nitrogens with zero attached hydrogens (tertiary/aromatic N) is 1. The molecule has 0 radical (unpaired) electrons. The van der Waals surface area contributed by atoms with Crippen molar-refractivity contribution in [2.75, 3.05) is 38.3 Å². The number of likely N-dealkylation sites (N-methyl/N-ethyl adjacent to an activating group) is 1. The van der Waals surface area contributed by atoms with Gasteiger partial charge in [0.25, 0.3) is 0 Å². The van der Waals surface area contributed by atoms with E-state index >= 15 is 0 Å². The highest BCUT2D eigenvalue weighted by Crippen LogP contribution is 2.30. The highest BCUT2D eigenvalue weighted by atomic mass is 35.5. The molecule has 1 unspecified atom stereocenters. The Hall–Kier alpha value is -1.46. The van der Waals surface area contributed by atoms with Gasteiger partial charge in [-0.2, -0.15) is 0 Å². The third-order valence-electron chi connectivity index (χ3n) is 2.64. The number of carbonyl (C=O) groups is 1. The van der Waals surface area contributed by atoms with Gasteiger partial charge in [0.05, 0.1) is 22.9 Å². The van der Waals surface area contributed by atoms with E-state index < -0.39 is 5.97 Å². The van der Waals surface area contributed by atoms with Crippen molar-refractivity contribution in [1.29, 1.82) is 0 Å². The molecule has 0 aliphatic rings. The molecule has 0 bridgehead atoms. The summed E-state index contributed by atoms with van der Waals surface area (Å²) < 4.78 is 5.04. The normalized spacial score (nSPS) is 12.3. The minimum Gasteiger partial charge on any atom is -0.462 e. The molecule has 0 aliphatic carbocycles. The second kappa shape index (κ2) is 7.36. The number of nitrogens with one attached hydrogen (secondary N) is 1. The lowest BCUT2D eigenvalue weighted by atomic mass is 10.1. The van der Waals surface area contributed by atoms with E-state index in [-0.39, 0.29) is 6.04 Å². The number of nitrogen functional groups attached to an aromatic ring is 1. The van der Waals surface area contributed by atoms with Gasteiger partial charge in [-0.3, -0.25) is 0 Å². The number of rotatable bonds is 6. The first kappa shape index (κ1) is 16.6. The van der Waals surface area contributed by atoms with Crippen molar-refractivity contribution in [3.63, 3.8) is 0 Å².